The highest BCUT2D eigenvalue weighted by Crippen LogP contribution is 2.38. The van der Waals surface area contributed by atoms with Gasteiger partial charge in [-0.15, -0.1) is 0 Å². The lowest BCUT2D eigenvalue weighted by molar-refractivity contribution is -0.231. The molecule has 31 heavy (non-hydrogen) atoms. The van der Waals surface area contributed by atoms with E-state index in [4.69, 9.17) is 14.3 Å². The Morgan fingerprint density at radius 2 is 1.81 bits per heavy atom. The van der Waals surface area contributed by atoms with Crippen molar-refractivity contribution in [3.05, 3.63) is 44.8 Å². The third-order valence-corrected chi connectivity index (χ3v) is 5.51. The number of aliphatic imine (C=N–C) groups is 1. The van der Waals surface area contributed by atoms with Crippen molar-refractivity contribution in [2.24, 2.45) is 4.99 Å². The number of aliphatic hydroxyl groups excluding tert-OH is 4. The Morgan fingerprint density at radius 3 is 2.42 bits per heavy atom. The largest absolute Gasteiger partial charge is 0.480 e. The fourth-order valence-corrected chi connectivity index (χ4v) is 3.89. The maximum atomic E-state index is 13.2. The molecule has 10 nitrogen and oxygen atoms in total. The van der Waals surface area contributed by atoms with Crippen LogP contribution in [0.3, 0.4) is 0 Å². The number of nitrogens with zero attached hydrogens (tertiary/aromatic N) is 1. The van der Waals surface area contributed by atoms with Gasteiger partial charge in [0.15, 0.2) is 0 Å². The van der Waals surface area contributed by atoms with Gasteiger partial charge in [0, 0.05) is 11.3 Å². The van der Waals surface area contributed by atoms with E-state index in [1.165, 1.54) is 6.92 Å². The summed E-state index contributed by atoms with van der Waals surface area (Å²) in [4.78, 5) is 27.8. The molecule has 0 bridgehead atoms. The van der Waals surface area contributed by atoms with Crippen LogP contribution in [-0.2, 0) is 9.53 Å². The van der Waals surface area contributed by atoms with Crippen LogP contribution in [0.2, 0.25) is 0 Å². The summed E-state index contributed by atoms with van der Waals surface area (Å²) < 4.78 is 11.4. The number of hydrogen-bond donors (Lipinski definition) is 5. The summed E-state index contributed by atoms with van der Waals surface area (Å²) in [6.45, 7) is 3.85. The van der Waals surface area contributed by atoms with E-state index >= 15 is 0 Å². The van der Waals surface area contributed by atoms with Crippen LogP contribution in [0.5, 0.6) is 0 Å². The highest BCUT2D eigenvalue weighted by Gasteiger charge is 2.45. The van der Waals surface area contributed by atoms with Gasteiger partial charge in [-0.2, -0.15) is 0 Å². The van der Waals surface area contributed by atoms with Gasteiger partial charge in [-0.25, -0.2) is 0 Å². The molecular formula is C21H25NO9. The molecule has 5 atom stereocenters. The number of carboxylic acids is 1. The molecule has 2 heterocycles. The van der Waals surface area contributed by atoms with Crippen molar-refractivity contribution in [1.82, 2.24) is 0 Å². The molecule has 0 saturated carbocycles. The Balaban J connectivity index is 2.20. The molecule has 1 fully saturated rings. The van der Waals surface area contributed by atoms with Crippen molar-refractivity contribution in [2.45, 2.75) is 51.3 Å². The smallest absolute Gasteiger partial charge is 0.325 e. The number of rotatable bonds is 5. The lowest BCUT2D eigenvalue weighted by atomic mass is 9.87. The van der Waals surface area contributed by atoms with Gasteiger partial charge in [0.05, 0.1) is 17.6 Å². The molecule has 1 aromatic heterocycles. The van der Waals surface area contributed by atoms with Gasteiger partial charge in [-0.3, -0.25) is 14.6 Å². The number of carbonyl (C=O) groups is 1. The number of aryl methyl sites for hydroxylation is 2. The molecule has 3 rings (SSSR count). The quantitative estimate of drug-likeness (QED) is 0.400. The van der Waals surface area contributed by atoms with E-state index < -0.39 is 55.1 Å². The van der Waals surface area contributed by atoms with E-state index in [1.54, 1.807) is 19.9 Å². The lowest BCUT2D eigenvalue weighted by Crippen LogP contribution is -2.55. The van der Waals surface area contributed by atoms with Crippen molar-refractivity contribution < 1.29 is 39.5 Å². The zero-order chi connectivity index (χ0) is 23.0. The summed E-state index contributed by atoms with van der Waals surface area (Å²) in [5.74, 6) is -1.14. The average Bonchev–Trinajstić information content (AvgIpc) is 2.71. The van der Waals surface area contributed by atoms with Crippen molar-refractivity contribution in [2.75, 3.05) is 13.2 Å². The molecule has 5 unspecified atom stereocenters. The van der Waals surface area contributed by atoms with E-state index in [0.717, 1.165) is 6.26 Å². The standard InChI is InChI=1S/C21H25NO9/c1-8-4-9(2)15(21-19(29)18(28)17(27)12(6-23)31-21)20-14(8)16(26)11(7-30-20)10(3)22-5-13(24)25/h4,7,12,17-19,21,23,27-29H,5-6H2,1-3H3,(H,24,25). The van der Waals surface area contributed by atoms with E-state index in [0.29, 0.717) is 16.7 Å². The normalized spacial score (nSPS) is 26.9. The molecular weight excluding hydrogens is 410 g/mol. The van der Waals surface area contributed by atoms with E-state index in [2.05, 4.69) is 4.99 Å². The molecule has 0 spiro atoms. The topological polar surface area (TPSA) is 170 Å². The Kier molecular flexibility index (Phi) is 6.58. The summed E-state index contributed by atoms with van der Waals surface area (Å²) in [6, 6.07) is 1.70. The first-order valence-electron chi connectivity index (χ1n) is 9.67. The lowest BCUT2D eigenvalue weighted by Gasteiger charge is -2.40. The van der Waals surface area contributed by atoms with Crippen molar-refractivity contribution >= 4 is 22.7 Å². The van der Waals surface area contributed by atoms with Gasteiger partial charge in [-0.05, 0) is 31.9 Å². The number of carboxylic acid groups (broad SMARTS) is 1. The highest BCUT2D eigenvalue weighted by atomic mass is 16.5. The van der Waals surface area contributed by atoms with Gasteiger partial charge < -0.3 is 34.7 Å². The third kappa shape index (κ3) is 4.12. The van der Waals surface area contributed by atoms with E-state index in [1.807, 2.05) is 0 Å². The van der Waals surface area contributed by atoms with Gasteiger partial charge in [0.1, 0.15) is 48.9 Å². The Morgan fingerprint density at radius 1 is 1.13 bits per heavy atom. The Bertz CT molecular complexity index is 1090. The summed E-state index contributed by atoms with van der Waals surface area (Å²) in [5.41, 5.74) is 1.50. The van der Waals surface area contributed by atoms with Crippen LogP contribution >= 0.6 is 0 Å². The van der Waals surface area contributed by atoms with Gasteiger partial charge >= 0.3 is 5.97 Å². The van der Waals surface area contributed by atoms with Crippen LogP contribution in [0.1, 0.15) is 35.3 Å². The number of hydrogen-bond acceptors (Lipinski definition) is 9. The van der Waals surface area contributed by atoms with E-state index in [-0.39, 0.29) is 22.2 Å². The molecule has 10 heteroatoms. The molecule has 2 aromatic rings. The molecule has 168 valence electrons. The first-order valence-corrected chi connectivity index (χ1v) is 9.67. The number of fused-ring (bicyclic) bond motifs is 1. The minimum Gasteiger partial charge on any atom is -0.480 e. The molecule has 0 aliphatic carbocycles. The monoisotopic (exact) mass is 435 g/mol. The molecule has 1 aliphatic rings. The number of aliphatic hydroxyl groups is 4. The Hall–Kier alpha value is -2.63. The second-order valence-electron chi connectivity index (χ2n) is 7.65. The SMILES string of the molecule is CC(=NCC(=O)O)c1coc2c(C3OC(CO)C(O)C(O)C3O)c(C)cc(C)c2c1=O. The van der Waals surface area contributed by atoms with Gasteiger partial charge in [0.2, 0.25) is 5.43 Å². The first kappa shape index (κ1) is 23.0. The first-order chi connectivity index (χ1) is 14.6. The molecule has 1 aromatic carbocycles. The molecule has 1 aliphatic heterocycles. The highest BCUT2D eigenvalue weighted by molar-refractivity contribution is 6.01. The summed E-state index contributed by atoms with van der Waals surface area (Å²) in [6.07, 6.45) is -5.75. The number of ether oxygens (including phenoxy) is 1. The minimum absolute atomic E-state index is 0.0976. The predicted molar refractivity (Wildman–Crippen MR) is 109 cm³/mol. The molecule has 5 N–H and O–H groups in total. The fraction of sp³-hybridized carbons (Fsp3) is 0.476. The number of benzene rings is 1. The van der Waals surface area contributed by atoms with Crippen LogP contribution in [-0.4, -0.2) is 74.8 Å². The maximum absolute atomic E-state index is 13.2. The third-order valence-electron chi connectivity index (χ3n) is 5.51. The zero-order valence-corrected chi connectivity index (χ0v) is 17.3. The summed E-state index contributed by atoms with van der Waals surface area (Å²) >= 11 is 0. The fourth-order valence-electron chi connectivity index (χ4n) is 3.89. The van der Waals surface area contributed by atoms with Gasteiger partial charge in [0.25, 0.3) is 0 Å². The second-order valence-corrected chi connectivity index (χ2v) is 7.65. The maximum Gasteiger partial charge on any atom is 0.325 e. The van der Waals surface area contributed by atoms with Gasteiger partial charge in [-0.1, -0.05) is 6.07 Å². The summed E-state index contributed by atoms with van der Waals surface area (Å²) in [5, 5.41) is 49.3. The zero-order valence-electron chi connectivity index (χ0n) is 17.3. The number of aliphatic carboxylic acids is 1. The molecule has 0 amide bonds. The van der Waals surface area contributed by atoms with Crippen LogP contribution in [0, 0.1) is 13.8 Å². The van der Waals surface area contributed by atoms with Crippen LogP contribution in [0.4, 0.5) is 0 Å². The van der Waals surface area contributed by atoms with Crippen LogP contribution < -0.4 is 5.43 Å². The van der Waals surface area contributed by atoms with Crippen molar-refractivity contribution in [3.8, 4) is 0 Å². The van der Waals surface area contributed by atoms with Crippen molar-refractivity contribution in [3.63, 3.8) is 0 Å². The van der Waals surface area contributed by atoms with Crippen molar-refractivity contribution in [1.29, 1.82) is 0 Å². The van der Waals surface area contributed by atoms with E-state index in [9.17, 15) is 30.0 Å². The van der Waals surface area contributed by atoms with Crippen LogP contribution in [0.15, 0.2) is 26.5 Å². The molecule has 0 radical (unpaired) electrons. The van der Waals surface area contributed by atoms with Crippen LogP contribution in [0.25, 0.3) is 11.0 Å². The second kappa shape index (κ2) is 8.85. The molecule has 1 saturated heterocycles. The summed E-state index contributed by atoms with van der Waals surface area (Å²) in [7, 11) is 0. The minimum atomic E-state index is -1.58. The predicted octanol–water partition coefficient (Wildman–Crippen LogP) is -0.182. The Labute approximate surface area is 177 Å². The average molecular weight is 435 g/mol.